The highest BCUT2D eigenvalue weighted by Crippen LogP contribution is 2.30. The molecule has 0 spiro atoms. The van der Waals surface area contributed by atoms with Crippen LogP contribution in [0.2, 0.25) is 0 Å². The molecule has 0 aromatic heterocycles. The average molecular weight is 459 g/mol. The van der Waals surface area contributed by atoms with Gasteiger partial charge in [0.05, 0.1) is 7.11 Å². The SMILES string of the molecule is CCNC(=O)C(CC)N(Cc1cccc(OC)c1)C(=O)CC(c1ccccc1)c1ccccc1. The van der Waals surface area contributed by atoms with E-state index in [1.165, 1.54) is 0 Å². The van der Waals surface area contributed by atoms with Gasteiger partial charge in [0.2, 0.25) is 11.8 Å². The molecule has 0 saturated heterocycles. The number of carbonyl (C=O) groups is 2. The van der Waals surface area contributed by atoms with Gasteiger partial charge in [0, 0.05) is 25.4 Å². The second kappa shape index (κ2) is 12.6. The van der Waals surface area contributed by atoms with Gasteiger partial charge in [-0.15, -0.1) is 0 Å². The number of carbonyl (C=O) groups excluding carboxylic acids is 2. The topological polar surface area (TPSA) is 58.6 Å². The number of amides is 2. The lowest BCUT2D eigenvalue weighted by Crippen LogP contribution is -2.49. The molecule has 178 valence electrons. The van der Waals surface area contributed by atoms with E-state index in [0.717, 1.165) is 22.4 Å². The first-order chi connectivity index (χ1) is 16.6. The highest BCUT2D eigenvalue weighted by molar-refractivity contribution is 5.88. The molecule has 3 aromatic carbocycles. The molecule has 0 saturated carbocycles. The van der Waals surface area contributed by atoms with Crippen LogP contribution in [0.25, 0.3) is 0 Å². The molecule has 3 rings (SSSR count). The third kappa shape index (κ3) is 6.47. The highest BCUT2D eigenvalue weighted by Gasteiger charge is 2.30. The molecule has 1 atom stereocenters. The normalized spacial score (nSPS) is 11.6. The number of methoxy groups -OCH3 is 1. The molecule has 0 heterocycles. The summed E-state index contributed by atoms with van der Waals surface area (Å²) in [5, 5.41) is 2.90. The summed E-state index contributed by atoms with van der Waals surface area (Å²) in [6, 6.07) is 27.2. The fourth-order valence-electron chi connectivity index (χ4n) is 4.27. The van der Waals surface area contributed by atoms with Gasteiger partial charge in [0.15, 0.2) is 0 Å². The maximum Gasteiger partial charge on any atom is 0.242 e. The summed E-state index contributed by atoms with van der Waals surface area (Å²) in [4.78, 5) is 28.5. The van der Waals surface area contributed by atoms with Crippen LogP contribution in [0.4, 0.5) is 0 Å². The lowest BCUT2D eigenvalue weighted by molar-refractivity contribution is -0.141. The summed E-state index contributed by atoms with van der Waals surface area (Å²) < 4.78 is 5.37. The first-order valence-corrected chi connectivity index (χ1v) is 11.9. The molecule has 0 aliphatic heterocycles. The number of rotatable bonds is 11. The molecular formula is C29H34N2O3. The molecule has 1 N–H and O–H groups in total. The maximum absolute atomic E-state index is 13.9. The van der Waals surface area contributed by atoms with Crippen LogP contribution in [0, 0.1) is 0 Å². The molecule has 2 amide bonds. The van der Waals surface area contributed by atoms with Gasteiger partial charge in [-0.3, -0.25) is 9.59 Å². The third-order valence-electron chi connectivity index (χ3n) is 6.01. The van der Waals surface area contributed by atoms with Crippen LogP contribution in [0.5, 0.6) is 5.75 Å². The van der Waals surface area contributed by atoms with Crippen LogP contribution in [-0.2, 0) is 16.1 Å². The summed E-state index contributed by atoms with van der Waals surface area (Å²) >= 11 is 0. The molecule has 0 bridgehead atoms. The van der Waals surface area contributed by atoms with Gasteiger partial charge in [-0.25, -0.2) is 0 Å². The Morgan fingerprint density at radius 1 is 0.882 bits per heavy atom. The largest absolute Gasteiger partial charge is 0.497 e. The van der Waals surface area contributed by atoms with Gasteiger partial charge in [-0.1, -0.05) is 79.7 Å². The Hall–Kier alpha value is -3.60. The summed E-state index contributed by atoms with van der Waals surface area (Å²) in [7, 11) is 1.62. The summed E-state index contributed by atoms with van der Waals surface area (Å²) in [6.07, 6.45) is 0.802. The second-order valence-electron chi connectivity index (χ2n) is 8.27. The zero-order valence-corrected chi connectivity index (χ0v) is 20.2. The fraction of sp³-hybridized carbons (Fsp3) is 0.310. The van der Waals surface area contributed by atoms with Gasteiger partial charge in [0.1, 0.15) is 11.8 Å². The quantitative estimate of drug-likeness (QED) is 0.432. The number of likely N-dealkylation sites (N-methyl/N-ethyl adjacent to an activating group) is 1. The summed E-state index contributed by atoms with van der Waals surface area (Å²) in [5.74, 6) is 0.438. The van der Waals surface area contributed by atoms with Gasteiger partial charge in [-0.05, 0) is 42.2 Å². The molecule has 34 heavy (non-hydrogen) atoms. The predicted octanol–water partition coefficient (Wildman–Crippen LogP) is 5.16. The predicted molar refractivity (Wildman–Crippen MR) is 136 cm³/mol. The van der Waals surface area contributed by atoms with E-state index in [1.807, 2.05) is 74.5 Å². The Balaban J connectivity index is 1.95. The highest BCUT2D eigenvalue weighted by atomic mass is 16.5. The van der Waals surface area contributed by atoms with Crippen LogP contribution in [0.3, 0.4) is 0 Å². The van der Waals surface area contributed by atoms with Crippen LogP contribution < -0.4 is 10.1 Å². The van der Waals surface area contributed by atoms with Gasteiger partial charge >= 0.3 is 0 Å². The molecule has 3 aromatic rings. The molecule has 1 unspecified atom stereocenters. The molecule has 0 radical (unpaired) electrons. The van der Waals surface area contributed by atoms with E-state index in [2.05, 4.69) is 29.6 Å². The number of hydrogen-bond acceptors (Lipinski definition) is 3. The number of nitrogens with one attached hydrogen (secondary N) is 1. The van der Waals surface area contributed by atoms with E-state index in [4.69, 9.17) is 4.74 Å². The monoisotopic (exact) mass is 458 g/mol. The Kier molecular flexibility index (Phi) is 9.27. The van der Waals surface area contributed by atoms with Crippen molar-refractivity contribution in [3.8, 4) is 5.75 Å². The lowest BCUT2D eigenvalue weighted by Gasteiger charge is -2.32. The van der Waals surface area contributed by atoms with Crippen LogP contribution in [-0.4, -0.2) is 36.4 Å². The molecule has 0 aliphatic carbocycles. The van der Waals surface area contributed by atoms with Crippen molar-refractivity contribution in [1.29, 1.82) is 0 Å². The van der Waals surface area contributed by atoms with E-state index < -0.39 is 6.04 Å². The van der Waals surface area contributed by atoms with Crippen LogP contribution in [0.1, 0.15) is 49.3 Å². The third-order valence-corrected chi connectivity index (χ3v) is 6.01. The Morgan fingerprint density at radius 2 is 1.50 bits per heavy atom. The van der Waals surface area contributed by atoms with Crippen LogP contribution in [0.15, 0.2) is 84.9 Å². The van der Waals surface area contributed by atoms with E-state index in [0.29, 0.717) is 19.5 Å². The van der Waals surface area contributed by atoms with E-state index in [9.17, 15) is 9.59 Å². The number of hydrogen-bond donors (Lipinski definition) is 1. The van der Waals surface area contributed by atoms with Crippen LogP contribution >= 0.6 is 0 Å². The van der Waals surface area contributed by atoms with Crippen molar-refractivity contribution in [2.75, 3.05) is 13.7 Å². The Morgan fingerprint density at radius 3 is 2.03 bits per heavy atom. The molecular weight excluding hydrogens is 424 g/mol. The summed E-state index contributed by atoms with van der Waals surface area (Å²) in [6.45, 7) is 4.69. The maximum atomic E-state index is 13.9. The molecule has 5 heteroatoms. The Labute approximate surface area is 202 Å². The van der Waals surface area contributed by atoms with Crippen molar-refractivity contribution in [1.82, 2.24) is 10.2 Å². The van der Waals surface area contributed by atoms with Gasteiger partial charge in [-0.2, -0.15) is 0 Å². The standard InChI is InChI=1S/C29H34N2O3/c1-4-27(29(33)30-5-2)31(21-22-13-12-18-25(19-22)34-3)28(32)20-26(23-14-8-6-9-15-23)24-16-10-7-11-17-24/h6-19,26-27H,4-5,20-21H2,1-3H3,(H,30,33). The van der Waals surface area contributed by atoms with Crippen molar-refractivity contribution in [2.24, 2.45) is 0 Å². The van der Waals surface area contributed by atoms with E-state index in [1.54, 1.807) is 12.0 Å². The minimum atomic E-state index is -0.550. The second-order valence-corrected chi connectivity index (χ2v) is 8.27. The minimum absolute atomic E-state index is 0.0568. The fourth-order valence-corrected chi connectivity index (χ4v) is 4.27. The number of ether oxygens (including phenoxy) is 1. The van der Waals surface area contributed by atoms with Crippen molar-refractivity contribution < 1.29 is 14.3 Å². The van der Waals surface area contributed by atoms with Crippen molar-refractivity contribution in [2.45, 2.75) is 45.2 Å². The molecule has 0 aliphatic rings. The number of nitrogens with zero attached hydrogens (tertiary/aromatic N) is 1. The zero-order valence-electron chi connectivity index (χ0n) is 20.2. The van der Waals surface area contributed by atoms with E-state index >= 15 is 0 Å². The van der Waals surface area contributed by atoms with E-state index in [-0.39, 0.29) is 24.2 Å². The lowest BCUT2D eigenvalue weighted by atomic mass is 9.88. The first kappa shape index (κ1) is 25.0. The van der Waals surface area contributed by atoms with Gasteiger partial charge < -0.3 is 15.0 Å². The average Bonchev–Trinajstić information content (AvgIpc) is 2.88. The number of benzene rings is 3. The smallest absolute Gasteiger partial charge is 0.242 e. The van der Waals surface area contributed by atoms with Crippen molar-refractivity contribution >= 4 is 11.8 Å². The first-order valence-electron chi connectivity index (χ1n) is 11.9. The molecule has 5 nitrogen and oxygen atoms in total. The zero-order chi connectivity index (χ0) is 24.3. The van der Waals surface area contributed by atoms with Crippen molar-refractivity contribution in [3.63, 3.8) is 0 Å². The minimum Gasteiger partial charge on any atom is -0.497 e. The summed E-state index contributed by atoms with van der Waals surface area (Å²) in [5.41, 5.74) is 3.08. The van der Waals surface area contributed by atoms with Gasteiger partial charge in [0.25, 0.3) is 0 Å². The van der Waals surface area contributed by atoms with Crippen molar-refractivity contribution in [3.05, 3.63) is 102 Å². The Bertz CT molecular complexity index is 1010. The molecule has 0 fully saturated rings.